The van der Waals surface area contributed by atoms with E-state index in [1.165, 1.54) is 11.3 Å². The summed E-state index contributed by atoms with van der Waals surface area (Å²) in [6.45, 7) is 5.72. The van der Waals surface area contributed by atoms with Crippen molar-refractivity contribution in [3.63, 3.8) is 0 Å². The summed E-state index contributed by atoms with van der Waals surface area (Å²) < 4.78 is 7.55. The van der Waals surface area contributed by atoms with Crippen LogP contribution < -0.4 is 10.2 Å². The molecule has 3 aromatic rings. The summed E-state index contributed by atoms with van der Waals surface area (Å²) >= 11 is 1.44. The molecule has 0 radical (unpaired) electrons. The quantitative estimate of drug-likeness (QED) is 0.730. The van der Waals surface area contributed by atoms with Gasteiger partial charge < -0.3 is 15.0 Å². The first-order chi connectivity index (χ1) is 13.5. The number of morpholine rings is 1. The highest BCUT2D eigenvalue weighted by Gasteiger charge is 2.24. The number of benzene rings is 1. The summed E-state index contributed by atoms with van der Waals surface area (Å²) in [6.07, 6.45) is 3.92. The summed E-state index contributed by atoms with van der Waals surface area (Å²) in [5.41, 5.74) is 3.09. The van der Waals surface area contributed by atoms with Crippen molar-refractivity contribution < 1.29 is 9.53 Å². The van der Waals surface area contributed by atoms with Crippen molar-refractivity contribution in [3.05, 3.63) is 47.7 Å². The third-order valence-electron chi connectivity index (χ3n) is 4.60. The second-order valence-electron chi connectivity index (χ2n) is 7.07. The highest BCUT2D eigenvalue weighted by molar-refractivity contribution is 7.13. The third-order valence-corrected chi connectivity index (χ3v) is 5.49. The first kappa shape index (κ1) is 18.6. The van der Waals surface area contributed by atoms with Crippen LogP contribution >= 0.6 is 11.3 Å². The molecule has 8 heteroatoms. The molecule has 28 heavy (non-hydrogen) atoms. The van der Waals surface area contributed by atoms with Gasteiger partial charge in [-0.3, -0.25) is 9.48 Å². The highest BCUT2D eigenvalue weighted by atomic mass is 32.1. The number of anilines is 2. The number of nitrogens with one attached hydrogen (secondary N) is 1. The molecule has 0 aliphatic carbocycles. The Kier molecular flexibility index (Phi) is 5.15. The van der Waals surface area contributed by atoms with Crippen molar-refractivity contribution in [1.82, 2.24) is 14.8 Å². The largest absolute Gasteiger partial charge is 0.372 e. The summed E-state index contributed by atoms with van der Waals surface area (Å²) in [4.78, 5) is 19.5. The Morgan fingerprint density at radius 2 is 2.00 bits per heavy atom. The summed E-state index contributed by atoms with van der Waals surface area (Å²) in [6, 6.07) is 7.86. The van der Waals surface area contributed by atoms with Crippen molar-refractivity contribution in [2.24, 2.45) is 7.05 Å². The Bertz CT molecular complexity index is 972. The zero-order chi connectivity index (χ0) is 19.7. The number of carbonyl (C=O) groups is 1. The molecule has 1 aliphatic heterocycles. The van der Waals surface area contributed by atoms with Gasteiger partial charge in [0, 0.05) is 37.3 Å². The van der Waals surface area contributed by atoms with Gasteiger partial charge in [-0.1, -0.05) is 12.1 Å². The van der Waals surface area contributed by atoms with Crippen LogP contribution in [-0.2, 0) is 11.8 Å². The second kappa shape index (κ2) is 7.73. The number of aromatic nitrogens is 3. The molecule has 1 amide bonds. The van der Waals surface area contributed by atoms with E-state index in [1.807, 2.05) is 37.5 Å². The van der Waals surface area contributed by atoms with Crippen molar-refractivity contribution in [2.75, 3.05) is 23.3 Å². The molecule has 1 saturated heterocycles. The van der Waals surface area contributed by atoms with Gasteiger partial charge in [-0.25, -0.2) is 4.98 Å². The Labute approximate surface area is 168 Å². The fourth-order valence-corrected chi connectivity index (χ4v) is 4.23. The molecular formula is C20H23N5O2S. The molecule has 1 N–H and O–H groups in total. The summed E-state index contributed by atoms with van der Waals surface area (Å²) in [5.74, 6) is -0.215. The number of nitrogens with zero attached hydrogens (tertiary/aromatic N) is 4. The van der Waals surface area contributed by atoms with E-state index in [1.54, 1.807) is 16.3 Å². The van der Waals surface area contributed by atoms with E-state index in [0.29, 0.717) is 5.69 Å². The normalized spacial score (nSPS) is 19.6. The molecule has 2 aromatic heterocycles. The highest BCUT2D eigenvalue weighted by Crippen LogP contribution is 2.29. The number of amides is 1. The smallest absolute Gasteiger partial charge is 0.275 e. The maximum Gasteiger partial charge on any atom is 0.275 e. The standard InChI is InChI=1S/C20H23N5O2S/c1-13-9-25(10-14(2)27-13)18-7-5-4-6-16(18)22-19(26)17-12-28-20(23-17)15-8-21-24(3)11-15/h4-8,11-14H,9-10H2,1-3H3,(H,22,26). The monoisotopic (exact) mass is 397 g/mol. The lowest BCUT2D eigenvalue weighted by molar-refractivity contribution is -0.00517. The predicted molar refractivity (Wildman–Crippen MR) is 111 cm³/mol. The van der Waals surface area contributed by atoms with Gasteiger partial charge in [0.2, 0.25) is 0 Å². The number of aryl methyl sites for hydroxylation is 1. The lowest BCUT2D eigenvalue weighted by atomic mass is 10.1. The predicted octanol–water partition coefficient (Wildman–Crippen LogP) is 3.41. The van der Waals surface area contributed by atoms with Crippen molar-refractivity contribution >= 4 is 28.6 Å². The van der Waals surface area contributed by atoms with Crippen LogP contribution in [0, 0.1) is 0 Å². The second-order valence-corrected chi connectivity index (χ2v) is 7.93. The molecule has 2 unspecified atom stereocenters. The minimum atomic E-state index is -0.215. The van der Waals surface area contributed by atoms with Crippen molar-refractivity contribution in [2.45, 2.75) is 26.1 Å². The van der Waals surface area contributed by atoms with E-state index in [-0.39, 0.29) is 18.1 Å². The molecule has 7 nitrogen and oxygen atoms in total. The number of hydrogen-bond donors (Lipinski definition) is 1. The number of carbonyl (C=O) groups excluding carboxylic acids is 1. The van der Waals surface area contributed by atoms with Crippen LogP contribution in [0.15, 0.2) is 42.0 Å². The lowest BCUT2D eigenvalue weighted by Crippen LogP contribution is -2.45. The molecule has 146 valence electrons. The van der Waals surface area contributed by atoms with Crippen molar-refractivity contribution in [3.8, 4) is 10.6 Å². The Hall–Kier alpha value is -2.71. The Balaban J connectivity index is 1.53. The van der Waals surface area contributed by atoms with E-state index >= 15 is 0 Å². The summed E-state index contributed by atoms with van der Waals surface area (Å²) in [5, 5.41) is 9.74. The van der Waals surface area contributed by atoms with Gasteiger partial charge >= 0.3 is 0 Å². The third kappa shape index (κ3) is 3.93. The SMILES string of the molecule is CC1CN(c2ccccc2NC(=O)c2csc(-c3cnn(C)c3)n2)CC(C)O1. The van der Waals surface area contributed by atoms with Gasteiger partial charge in [0.05, 0.1) is 29.8 Å². The summed E-state index contributed by atoms with van der Waals surface area (Å²) in [7, 11) is 1.86. The maximum absolute atomic E-state index is 12.8. The fraction of sp³-hybridized carbons (Fsp3) is 0.350. The van der Waals surface area contributed by atoms with Crippen LogP contribution in [0.4, 0.5) is 11.4 Å². The molecule has 3 heterocycles. The molecule has 1 aliphatic rings. The van der Waals surface area contributed by atoms with E-state index in [2.05, 4.69) is 34.1 Å². The average Bonchev–Trinajstić information content (AvgIpc) is 3.30. The van der Waals surface area contributed by atoms with E-state index in [9.17, 15) is 4.79 Å². The molecule has 1 aromatic carbocycles. The van der Waals surface area contributed by atoms with Crippen LogP contribution in [0.3, 0.4) is 0 Å². The topological polar surface area (TPSA) is 72.3 Å². The number of thiazole rings is 1. The van der Waals surface area contributed by atoms with E-state index < -0.39 is 0 Å². The molecular weight excluding hydrogens is 374 g/mol. The van der Waals surface area contributed by atoms with Gasteiger partial charge in [0.1, 0.15) is 10.7 Å². The van der Waals surface area contributed by atoms with Gasteiger partial charge in [0.25, 0.3) is 5.91 Å². The Morgan fingerprint density at radius 3 is 2.71 bits per heavy atom. The first-order valence-electron chi connectivity index (χ1n) is 9.25. The van der Waals surface area contributed by atoms with Crippen molar-refractivity contribution in [1.29, 1.82) is 0 Å². The Morgan fingerprint density at radius 1 is 1.25 bits per heavy atom. The molecule has 4 rings (SSSR count). The van der Waals surface area contributed by atoms with E-state index in [0.717, 1.165) is 35.0 Å². The number of rotatable bonds is 4. The molecule has 0 bridgehead atoms. The number of hydrogen-bond acceptors (Lipinski definition) is 6. The molecule has 0 saturated carbocycles. The lowest BCUT2D eigenvalue weighted by Gasteiger charge is -2.37. The van der Waals surface area contributed by atoms with Gasteiger partial charge in [-0.15, -0.1) is 11.3 Å². The number of ether oxygens (including phenoxy) is 1. The van der Waals surface area contributed by atoms with Gasteiger partial charge in [0.15, 0.2) is 0 Å². The maximum atomic E-state index is 12.8. The van der Waals surface area contributed by atoms with Crippen LogP contribution in [0.25, 0.3) is 10.6 Å². The van der Waals surface area contributed by atoms with Gasteiger partial charge in [-0.05, 0) is 26.0 Å². The van der Waals surface area contributed by atoms with Crippen LogP contribution in [0.1, 0.15) is 24.3 Å². The molecule has 1 fully saturated rings. The van der Waals surface area contributed by atoms with Crippen LogP contribution in [0.5, 0.6) is 0 Å². The zero-order valence-electron chi connectivity index (χ0n) is 16.1. The van der Waals surface area contributed by atoms with Crippen LogP contribution in [0.2, 0.25) is 0 Å². The van der Waals surface area contributed by atoms with E-state index in [4.69, 9.17) is 4.74 Å². The average molecular weight is 398 g/mol. The van der Waals surface area contributed by atoms with Gasteiger partial charge in [-0.2, -0.15) is 5.10 Å². The minimum Gasteiger partial charge on any atom is -0.372 e. The fourth-order valence-electron chi connectivity index (χ4n) is 3.46. The van der Waals surface area contributed by atoms with Crippen LogP contribution in [-0.4, -0.2) is 46.0 Å². The molecule has 0 spiro atoms. The number of para-hydroxylation sites is 2. The zero-order valence-corrected chi connectivity index (χ0v) is 16.9. The first-order valence-corrected chi connectivity index (χ1v) is 10.1. The molecule has 2 atom stereocenters. The minimum absolute atomic E-state index is 0.146.